The number of amides is 1. The van der Waals surface area contributed by atoms with Gasteiger partial charge in [-0.15, -0.1) is 0 Å². The highest BCUT2D eigenvalue weighted by molar-refractivity contribution is 6.99. The van der Waals surface area contributed by atoms with Crippen LogP contribution in [-0.2, 0) is 11.3 Å². The Kier molecular flexibility index (Phi) is 4.89. The van der Waals surface area contributed by atoms with Crippen molar-refractivity contribution in [1.82, 2.24) is 23.6 Å². The van der Waals surface area contributed by atoms with E-state index >= 15 is 0 Å². The smallest absolute Gasteiger partial charge is 0.256 e. The molecule has 0 saturated carbocycles. The number of hydrogen-bond donors (Lipinski definition) is 1. The van der Waals surface area contributed by atoms with Crippen LogP contribution in [0.15, 0.2) is 17.3 Å². The first-order chi connectivity index (χ1) is 11.5. The van der Waals surface area contributed by atoms with Crippen LogP contribution in [0.3, 0.4) is 0 Å². The van der Waals surface area contributed by atoms with Gasteiger partial charge in [0.15, 0.2) is 5.82 Å². The number of nitrogens with one attached hydrogen (secondary N) is 1. The van der Waals surface area contributed by atoms with E-state index < -0.39 is 0 Å². The summed E-state index contributed by atoms with van der Waals surface area (Å²) >= 11 is 1.20. The predicted molar refractivity (Wildman–Crippen MR) is 91.3 cm³/mol. The van der Waals surface area contributed by atoms with Crippen LogP contribution >= 0.6 is 11.7 Å². The molecule has 1 aliphatic rings. The van der Waals surface area contributed by atoms with Crippen LogP contribution in [-0.4, -0.2) is 43.3 Å². The monoisotopic (exact) mass is 348 g/mol. The van der Waals surface area contributed by atoms with Gasteiger partial charge in [-0.3, -0.25) is 14.2 Å². The highest BCUT2D eigenvalue weighted by atomic mass is 32.1. The lowest BCUT2D eigenvalue weighted by Gasteiger charge is -2.32. The molecule has 128 valence electrons. The summed E-state index contributed by atoms with van der Waals surface area (Å²) in [5, 5.41) is 3.01. The fourth-order valence-electron chi connectivity index (χ4n) is 2.77. The van der Waals surface area contributed by atoms with Gasteiger partial charge in [-0.05, 0) is 26.7 Å². The molecular weight excluding hydrogens is 328 g/mol. The molecule has 9 heteroatoms. The molecule has 1 saturated heterocycles. The number of nitrogens with zero attached hydrogens (tertiary/aromatic N) is 5. The molecule has 0 radical (unpaired) electrons. The fraction of sp³-hybridized carbons (Fsp3) is 0.533. The van der Waals surface area contributed by atoms with Crippen molar-refractivity contribution in [2.75, 3.05) is 18.0 Å². The maximum atomic E-state index is 12.2. The van der Waals surface area contributed by atoms with E-state index in [0.717, 1.165) is 31.7 Å². The zero-order chi connectivity index (χ0) is 17.1. The molecule has 0 bridgehead atoms. The van der Waals surface area contributed by atoms with Crippen LogP contribution in [0.4, 0.5) is 5.82 Å². The Balaban J connectivity index is 1.53. The van der Waals surface area contributed by atoms with Gasteiger partial charge in [0.1, 0.15) is 6.54 Å². The molecule has 1 aliphatic heterocycles. The minimum Gasteiger partial charge on any atom is -0.354 e. The number of carbonyl (C=O) groups excluding carboxylic acids is 1. The average Bonchev–Trinajstić information content (AvgIpc) is 3.11. The Hall–Kier alpha value is -2.29. The minimum atomic E-state index is -0.163. The van der Waals surface area contributed by atoms with Crippen molar-refractivity contribution in [1.29, 1.82) is 0 Å². The lowest BCUT2D eigenvalue weighted by atomic mass is 10.1. The lowest BCUT2D eigenvalue weighted by Crippen LogP contribution is -2.46. The molecule has 3 rings (SSSR count). The highest BCUT2D eigenvalue weighted by Crippen LogP contribution is 2.17. The summed E-state index contributed by atoms with van der Waals surface area (Å²) in [5.74, 6) is 0.744. The summed E-state index contributed by atoms with van der Waals surface area (Å²) in [6.45, 7) is 5.18. The molecule has 24 heavy (non-hydrogen) atoms. The lowest BCUT2D eigenvalue weighted by molar-refractivity contribution is -0.122. The van der Waals surface area contributed by atoms with Crippen LogP contribution < -0.4 is 15.8 Å². The van der Waals surface area contributed by atoms with Crippen LogP contribution in [0, 0.1) is 13.8 Å². The zero-order valence-corrected chi connectivity index (χ0v) is 14.5. The van der Waals surface area contributed by atoms with Gasteiger partial charge < -0.3 is 10.2 Å². The normalized spacial score (nSPS) is 15.5. The molecular formula is C15H20N6O2S. The molecule has 0 aliphatic carbocycles. The van der Waals surface area contributed by atoms with E-state index in [1.54, 1.807) is 20.0 Å². The largest absolute Gasteiger partial charge is 0.354 e. The predicted octanol–water partition coefficient (Wildman–Crippen LogP) is 0.497. The van der Waals surface area contributed by atoms with Crippen molar-refractivity contribution in [3.8, 4) is 0 Å². The molecule has 2 aromatic heterocycles. The Bertz CT molecular complexity index is 765. The molecule has 0 atom stereocenters. The zero-order valence-electron chi connectivity index (χ0n) is 13.7. The maximum Gasteiger partial charge on any atom is 0.256 e. The third-order valence-corrected chi connectivity index (χ3v) is 4.83. The van der Waals surface area contributed by atoms with Gasteiger partial charge in [-0.25, -0.2) is 4.98 Å². The standard InChI is InChI=1S/C15H20N6O2S/c1-10-11(2)16-9-21(15(10)23)8-14(22)18-12-3-5-20(6-4-12)13-7-17-24-19-13/h7,9,12H,3-6,8H2,1-2H3,(H,18,22). The summed E-state index contributed by atoms with van der Waals surface area (Å²) in [5.41, 5.74) is 1.11. The Morgan fingerprint density at radius 3 is 2.79 bits per heavy atom. The second kappa shape index (κ2) is 7.08. The van der Waals surface area contributed by atoms with Crippen LogP contribution in [0.25, 0.3) is 0 Å². The van der Waals surface area contributed by atoms with Gasteiger partial charge in [0.2, 0.25) is 5.91 Å². The first-order valence-corrected chi connectivity index (χ1v) is 8.62. The second-order valence-corrected chi connectivity index (χ2v) is 6.54. The van der Waals surface area contributed by atoms with Crippen molar-refractivity contribution in [2.24, 2.45) is 0 Å². The summed E-state index contributed by atoms with van der Waals surface area (Å²) in [7, 11) is 0. The van der Waals surface area contributed by atoms with Gasteiger partial charge in [-0.2, -0.15) is 8.75 Å². The summed E-state index contributed by atoms with van der Waals surface area (Å²) in [6.07, 6.45) is 4.90. The van der Waals surface area contributed by atoms with E-state index in [1.165, 1.54) is 22.6 Å². The molecule has 1 fully saturated rings. The third-order valence-electron chi connectivity index (χ3n) is 4.36. The van der Waals surface area contributed by atoms with E-state index in [1.807, 2.05) is 0 Å². The molecule has 0 spiro atoms. The van der Waals surface area contributed by atoms with Crippen molar-refractivity contribution in [3.05, 3.63) is 34.1 Å². The molecule has 2 aromatic rings. The quantitative estimate of drug-likeness (QED) is 0.865. The molecule has 1 N–H and O–H groups in total. The fourth-order valence-corrected chi connectivity index (χ4v) is 3.20. The Labute approximate surface area is 143 Å². The van der Waals surface area contributed by atoms with Crippen LogP contribution in [0.2, 0.25) is 0 Å². The highest BCUT2D eigenvalue weighted by Gasteiger charge is 2.22. The average molecular weight is 348 g/mol. The number of anilines is 1. The first kappa shape index (κ1) is 16.6. The van der Waals surface area contributed by atoms with Gasteiger partial charge in [0, 0.05) is 30.4 Å². The van der Waals surface area contributed by atoms with Crippen molar-refractivity contribution >= 4 is 23.5 Å². The van der Waals surface area contributed by atoms with Gasteiger partial charge in [0.25, 0.3) is 5.56 Å². The SMILES string of the molecule is Cc1ncn(CC(=O)NC2CCN(c3cnsn3)CC2)c(=O)c1C. The molecule has 0 aromatic carbocycles. The second-order valence-electron chi connectivity index (χ2n) is 5.98. The van der Waals surface area contributed by atoms with Crippen molar-refractivity contribution < 1.29 is 4.79 Å². The minimum absolute atomic E-state index is 0.00315. The Morgan fingerprint density at radius 2 is 2.12 bits per heavy atom. The van der Waals surface area contributed by atoms with Crippen LogP contribution in [0.5, 0.6) is 0 Å². The van der Waals surface area contributed by atoms with Gasteiger partial charge >= 0.3 is 0 Å². The molecule has 8 nitrogen and oxygen atoms in total. The first-order valence-electron chi connectivity index (χ1n) is 7.89. The maximum absolute atomic E-state index is 12.2. The molecule has 3 heterocycles. The van der Waals surface area contributed by atoms with Gasteiger partial charge in [0.05, 0.1) is 24.3 Å². The summed E-state index contributed by atoms with van der Waals surface area (Å²) < 4.78 is 9.60. The molecule has 1 amide bonds. The number of piperidine rings is 1. The van der Waals surface area contributed by atoms with Crippen molar-refractivity contribution in [2.45, 2.75) is 39.3 Å². The number of carbonyl (C=O) groups is 1. The topological polar surface area (TPSA) is 93.0 Å². The van der Waals surface area contributed by atoms with Crippen LogP contribution in [0.1, 0.15) is 24.1 Å². The number of aryl methyl sites for hydroxylation is 1. The van der Waals surface area contributed by atoms with E-state index in [9.17, 15) is 9.59 Å². The number of hydrogen-bond acceptors (Lipinski definition) is 7. The van der Waals surface area contributed by atoms with E-state index in [2.05, 4.69) is 23.9 Å². The summed E-state index contributed by atoms with van der Waals surface area (Å²) in [6, 6.07) is 0.121. The Morgan fingerprint density at radius 1 is 1.38 bits per heavy atom. The molecule has 0 unspecified atom stereocenters. The van der Waals surface area contributed by atoms with Gasteiger partial charge in [-0.1, -0.05) is 0 Å². The van der Waals surface area contributed by atoms with Crippen molar-refractivity contribution in [3.63, 3.8) is 0 Å². The van der Waals surface area contributed by atoms with E-state index in [-0.39, 0.29) is 24.1 Å². The van der Waals surface area contributed by atoms with E-state index in [0.29, 0.717) is 11.3 Å². The third kappa shape index (κ3) is 3.61. The summed E-state index contributed by atoms with van der Waals surface area (Å²) in [4.78, 5) is 30.6. The van der Waals surface area contributed by atoms with E-state index in [4.69, 9.17) is 0 Å². The number of aromatic nitrogens is 4. The number of rotatable bonds is 4.